The predicted molar refractivity (Wildman–Crippen MR) is 50.2 cm³/mol. The van der Waals surface area contributed by atoms with Crippen LogP contribution in [0.15, 0.2) is 24.3 Å². The number of para-hydroxylation sites is 1. The van der Waals surface area contributed by atoms with Crippen LogP contribution >= 0.6 is 11.9 Å². The lowest BCUT2D eigenvalue weighted by Gasteiger charge is -2.02. The number of hydrogen-bond donors (Lipinski definition) is 0. The van der Waals surface area contributed by atoms with Gasteiger partial charge in [-0.2, -0.15) is 0 Å². The quantitative estimate of drug-likeness (QED) is 0.453. The second-order valence-electron chi connectivity index (χ2n) is 2.50. The van der Waals surface area contributed by atoms with Gasteiger partial charge in [0.2, 0.25) is 0 Å². The van der Waals surface area contributed by atoms with Crippen LogP contribution in [-0.2, 0) is 15.6 Å². The molecule has 0 radical (unpaired) electrons. The average Bonchev–Trinajstić information content (AvgIpc) is 2.26. The van der Waals surface area contributed by atoms with E-state index in [2.05, 4.69) is 9.03 Å². The van der Waals surface area contributed by atoms with E-state index in [4.69, 9.17) is 11.9 Å². The van der Waals surface area contributed by atoms with E-state index in [-0.39, 0.29) is 17.9 Å². The summed E-state index contributed by atoms with van der Waals surface area (Å²) in [5.41, 5.74) is 0.143. The van der Waals surface area contributed by atoms with Crippen LogP contribution in [0, 0.1) is 10.1 Å². The number of benzene rings is 1. The highest BCUT2D eigenvalue weighted by Crippen LogP contribution is 2.18. The van der Waals surface area contributed by atoms with Gasteiger partial charge < -0.3 is 9.03 Å². The van der Waals surface area contributed by atoms with E-state index in [0.717, 1.165) is 0 Å². The summed E-state index contributed by atoms with van der Waals surface area (Å²) in [6.07, 6.45) is -1.10. The summed E-state index contributed by atoms with van der Waals surface area (Å²) in [7, 11) is 0. The molecular formula is C8H6ClNO5. The lowest BCUT2D eigenvalue weighted by molar-refractivity contribution is -0.385. The molecular weight excluding hydrogens is 226 g/mol. The van der Waals surface area contributed by atoms with Crippen LogP contribution < -0.4 is 0 Å². The Morgan fingerprint density at radius 2 is 2.13 bits per heavy atom. The molecule has 0 aliphatic rings. The molecule has 0 fully saturated rings. The Morgan fingerprint density at radius 3 is 2.73 bits per heavy atom. The first kappa shape index (κ1) is 11.3. The number of ether oxygens (including phenoxy) is 1. The molecule has 15 heavy (non-hydrogen) atoms. The number of carbonyl (C=O) groups excluding carboxylic acids is 1. The van der Waals surface area contributed by atoms with Gasteiger partial charge in [-0.3, -0.25) is 10.1 Å². The van der Waals surface area contributed by atoms with Crippen molar-refractivity contribution in [1.29, 1.82) is 0 Å². The molecule has 0 N–H and O–H groups in total. The van der Waals surface area contributed by atoms with Crippen LogP contribution in [0.4, 0.5) is 10.5 Å². The van der Waals surface area contributed by atoms with Gasteiger partial charge in [0.1, 0.15) is 18.5 Å². The molecule has 7 heteroatoms. The fourth-order valence-electron chi connectivity index (χ4n) is 0.970. The van der Waals surface area contributed by atoms with Gasteiger partial charge in [0.05, 0.1) is 10.5 Å². The molecule has 0 saturated carbocycles. The van der Waals surface area contributed by atoms with Crippen LogP contribution in [0.5, 0.6) is 0 Å². The Balaban J connectivity index is 2.76. The van der Waals surface area contributed by atoms with E-state index in [1.807, 2.05) is 0 Å². The van der Waals surface area contributed by atoms with Gasteiger partial charge in [-0.15, -0.1) is 0 Å². The van der Waals surface area contributed by atoms with Crippen molar-refractivity contribution in [3.8, 4) is 0 Å². The molecule has 1 rings (SSSR count). The first-order chi connectivity index (χ1) is 7.15. The van der Waals surface area contributed by atoms with Gasteiger partial charge in [0.15, 0.2) is 0 Å². The molecule has 0 atom stereocenters. The summed E-state index contributed by atoms with van der Waals surface area (Å²) in [5.74, 6) is 0. The lowest BCUT2D eigenvalue weighted by atomic mass is 10.2. The largest absolute Gasteiger partial charge is 0.527 e. The SMILES string of the molecule is O=C(OCl)OCc1ccccc1[N+](=O)[O-]. The van der Waals surface area contributed by atoms with Crippen molar-refractivity contribution in [3.63, 3.8) is 0 Å². The lowest BCUT2D eigenvalue weighted by Crippen LogP contribution is -2.03. The van der Waals surface area contributed by atoms with Gasteiger partial charge >= 0.3 is 6.16 Å². The van der Waals surface area contributed by atoms with Crippen LogP contribution in [0.1, 0.15) is 5.56 Å². The van der Waals surface area contributed by atoms with Crippen LogP contribution in [-0.4, -0.2) is 11.1 Å². The summed E-state index contributed by atoms with van der Waals surface area (Å²) in [4.78, 5) is 20.5. The summed E-state index contributed by atoms with van der Waals surface area (Å²) in [6.45, 7) is -0.261. The van der Waals surface area contributed by atoms with Gasteiger partial charge in [0.25, 0.3) is 5.69 Å². The van der Waals surface area contributed by atoms with Crippen LogP contribution in [0.3, 0.4) is 0 Å². The van der Waals surface area contributed by atoms with Crippen LogP contribution in [0.25, 0.3) is 0 Å². The highest BCUT2D eigenvalue weighted by atomic mass is 35.5. The van der Waals surface area contributed by atoms with E-state index in [9.17, 15) is 14.9 Å². The van der Waals surface area contributed by atoms with Crippen molar-refractivity contribution in [3.05, 3.63) is 39.9 Å². The molecule has 0 bridgehead atoms. The summed E-state index contributed by atoms with van der Waals surface area (Å²) in [6, 6.07) is 5.89. The smallest absolute Gasteiger partial charge is 0.428 e. The van der Waals surface area contributed by atoms with Crippen molar-refractivity contribution in [1.82, 2.24) is 0 Å². The predicted octanol–water partition coefficient (Wildman–Crippen LogP) is 2.40. The Labute approximate surface area is 89.7 Å². The number of halogens is 1. The number of hydrogen-bond acceptors (Lipinski definition) is 5. The van der Waals surface area contributed by atoms with Crippen molar-refractivity contribution in [2.45, 2.75) is 6.61 Å². The number of nitro benzene ring substituents is 1. The maximum Gasteiger partial charge on any atom is 0.527 e. The zero-order valence-electron chi connectivity index (χ0n) is 7.38. The zero-order chi connectivity index (χ0) is 11.3. The van der Waals surface area contributed by atoms with Crippen molar-refractivity contribution in [2.75, 3.05) is 0 Å². The number of nitrogens with zero attached hydrogens (tertiary/aromatic N) is 1. The molecule has 0 unspecified atom stereocenters. The minimum Gasteiger partial charge on any atom is -0.428 e. The third-order valence-corrected chi connectivity index (χ3v) is 1.72. The third-order valence-electron chi connectivity index (χ3n) is 1.60. The fourth-order valence-corrected chi connectivity index (χ4v) is 1.01. The summed E-state index contributed by atoms with van der Waals surface area (Å²) in [5, 5.41) is 10.5. The molecule has 0 spiro atoms. The van der Waals surface area contributed by atoms with Gasteiger partial charge in [-0.25, -0.2) is 4.79 Å². The van der Waals surface area contributed by atoms with E-state index in [0.29, 0.717) is 0 Å². The van der Waals surface area contributed by atoms with Crippen molar-refractivity contribution in [2.24, 2.45) is 0 Å². The first-order valence-electron chi connectivity index (χ1n) is 3.83. The maximum absolute atomic E-state index is 10.5. The second kappa shape index (κ2) is 5.16. The topological polar surface area (TPSA) is 78.7 Å². The molecule has 0 aliphatic heterocycles. The first-order valence-corrected chi connectivity index (χ1v) is 4.13. The molecule has 6 nitrogen and oxygen atoms in total. The minimum atomic E-state index is -1.10. The molecule has 1 aromatic rings. The Morgan fingerprint density at radius 1 is 1.47 bits per heavy atom. The molecule has 0 aromatic heterocycles. The van der Waals surface area contributed by atoms with E-state index in [1.54, 1.807) is 6.07 Å². The highest BCUT2D eigenvalue weighted by molar-refractivity contribution is 6.12. The van der Waals surface area contributed by atoms with E-state index in [1.165, 1.54) is 18.2 Å². The van der Waals surface area contributed by atoms with Gasteiger partial charge in [-0.05, 0) is 6.07 Å². The number of rotatable bonds is 3. The monoisotopic (exact) mass is 231 g/mol. The highest BCUT2D eigenvalue weighted by Gasteiger charge is 2.14. The second-order valence-corrected chi connectivity index (χ2v) is 2.66. The van der Waals surface area contributed by atoms with Gasteiger partial charge in [0, 0.05) is 6.07 Å². The normalized spacial score (nSPS) is 9.40. The average molecular weight is 232 g/mol. The fraction of sp³-hybridized carbons (Fsp3) is 0.125. The van der Waals surface area contributed by atoms with Gasteiger partial charge in [-0.1, -0.05) is 12.1 Å². The molecule has 0 heterocycles. The Kier molecular flexibility index (Phi) is 3.87. The maximum atomic E-state index is 10.5. The number of carbonyl (C=O) groups is 1. The van der Waals surface area contributed by atoms with Crippen LogP contribution in [0.2, 0.25) is 0 Å². The summed E-state index contributed by atoms with van der Waals surface area (Å²) >= 11 is 4.71. The molecule has 0 aliphatic carbocycles. The third kappa shape index (κ3) is 3.10. The van der Waals surface area contributed by atoms with E-state index >= 15 is 0 Å². The summed E-state index contributed by atoms with van der Waals surface area (Å²) < 4.78 is 8.18. The molecule has 1 aromatic carbocycles. The molecule has 80 valence electrons. The minimum absolute atomic E-state index is 0.125. The van der Waals surface area contributed by atoms with E-state index < -0.39 is 11.1 Å². The Hall–Kier alpha value is -1.82. The number of nitro groups is 1. The zero-order valence-corrected chi connectivity index (χ0v) is 8.14. The standard InChI is InChI=1S/C8H6ClNO5/c9-15-8(11)14-5-6-3-1-2-4-7(6)10(12)13/h1-4H,5H2. The van der Waals surface area contributed by atoms with Crippen molar-refractivity contribution < 1.29 is 18.7 Å². The molecule has 0 saturated heterocycles. The Bertz CT molecular complexity index is 381. The van der Waals surface area contributed by atoms with Crippen molar-refractivity contribution >= 4 is 23.7 Å². The molecule has 0 amide bonds.